The van der Waals surface area contributed by atoms with Gasteiger partial charge in [0.05, 0.1) is 16.7 Å². The predicted molar refractivity (Wildman–Crippen MR) is 169 cm³/mol. The Kier molecular flexibility index (Phi) is 11.1. The minimum absolute atomic E-state index is 0.0879. The molecule has 1 saturated carbocycles. The van der Waals surface area contributed by atoms with Gasteiger partial charge in [-0.2, -0.15) is 8.78 Å². The fraction of sp³-hybridized carbons (Fsp3) is 0.406. The SMILES string of the molecule is CN(C)C(=O)c1ccc(CN2CCSC2C(=O)O[C@@H](Cc2c(Cl)cncc2Cl)c2ccc(OC(F)F)c(OCC3CC3)c2)cc1. The van der Waals surface area contributed by atoms with E-state index in [1.165, 1.54) is 35.1 Å². The first-order valence-electron chi connectivity index (χ1n) is 14.4. The van der Waals surface area contributed by atoms with Gasteiger partial charge in [0.25, 0.3) is 5.91 Å². The third-order valence-electron chi connectivity index (χ3n) is 7.51. The van der Waals surface area contributed by atoms with Gasteiger partial charge in [0.2, 0.25) is 0 Å². The van der Waals surface area contributed by atoms with Crippen molar-refractivity contribution in [3.05, 3.63) is 87.2 Å². The smallest absolute Gasteiger partial charge is 0.387 e. The lowest BCUT2D eigenvalue weighted by atomic mass is 10.0. The van der Waals surface area contributed by atoms with Crippen molar-refractivity contribution in [1.82, 2.24) is 14.8 Å². The molecule has 3 aromatic rings. The molecule has 0 spiro atoms. The molecule has 1 amide bonds. The van der Waals surface area contributed by atoms with E-state index in [-0.39, 0.29) is 23.8 Å². The Bertz CT molecular complexity index is 1490. The number of carbonyl (C=O) groups is 2. The average Bonchev–Trinajstić information content (AvgIpc) is 3.73. The van der Waals surface area contributed by atoms with Crippen LogP contribution < -0.4 is 9.47 Å². The van der Waals surface area contributed by atoms with Crippen LogP contribution >= 0.6 is 35.0 Å². The molecule has 1 aromatic heterocycles. The number of carbonyl (C=O) groups excluding carboxylic acids is 2. The third-order valence-corrected chi connectivity index (χ3v) is 9.38. The number of thioether (sulfide) groups is 1. The molecule has 5 rings (SSSR count). The summed E-state index contributed by atoms with van der Waals surface area (Å²) in [6, 6.07) is 11.8. The number of hydrogen-bond donors (Lipinski definition) is 0. The van der Waals surface area contributed by atoms with Crippen LogP contribution in [0.15, 0.2) is 54.9 Å². The fourth-order valence-corrected chi connectivity index (χ4v) is 6.56. The molecule has 0 N–H and O–H groups in total. The highest BCUT2D eigenvalue weighted by Gasteiger charge is 2.35. The Hall–Kier alpha value is -3.12. The van der Waals surface area contributed by atoms with Gasteiger partial charge in [-0.25, -0.2) is 4.79 Å². The van der Waals surface area contributed by atoms with Crippen molar-refractivity contribution in [1.29, 1.82) is 0 Å². The van der Waals surface area contributed by atoms with Crippen LogP contribution in [-0.4, -0.2) is 71.6 Å². The Labute approximate surface area is 274 Å². The number of alkyl halides is 2. The number of esters is 1. The van der Waals surface area contributed by atoms with Crippen LogP contribution in [0.4, 0.5) is 8.78 Å². The van der Waals surface area contributed by atoms with E-state index in [1.54, 1.807) is 38.4 Å². The maximum atomic E-state index is 13.8. The molecule has 2 heterocycles. The van der Waals surface area contributed by atoms with Gasteiger partial charge in [-0.3, -0.25) is 14.7 Å². The van der Waals surface area contributed by atoms with E-state index in [0.717, 1.165) is 24.2 Å². The molecule has 1 aliphatic carbocycles. The molecular formula is C32H33Cl2F2N3O5S. The molecule has 13 heteroatoms. The van der Waals surface area contributed by atoms with Crippen LogP contribution in [-0.2, 0) is 22.5 Å². The van der Waals surface area contributed by atoms with E-state index >= 15 is 0 Å². The normalized spacial score (nSPS) is 17.3. The maximum absolute atomic E-state index is 13.8. The quantitative estimate of drug-likeness (QED) is 0.181. The number of halogens is 4. The third kappa shape index (κ3) is 8.78. The van der Waals surface area contributed by atoms with Gasteiger partial charge < -0.3 is 19.1 Å². The average molecular weight is 681 g/mol. The van der Waals surface area contributed by atoms with Crippen LogP contribution in [0.1, 0.15) is 46.0 Å². The molecule has 2 aromatic carbocycles. The van der Waals surface area contributed by atoms with Gasteiger partial charge in [0.1, 0.15) is 6.10 Å². The minimum atomic E-state index is -3.03. The second-order valence-corrected chi connectivity index (χ2v) is 13.1. The highest BCUT2D eigenvalue weighted by atomic mass is 35.5. The van der Waals surface area contributed by atoms with Crippen molar-refractivity contribution in [2.45, 2.75) is 43.9 Å². The number of hydrogen-bond acceptors (Lipinski definition) is 8. The standard InChI is InChI=1S/C32H33Cl2F2N3O5S/c1-38(2)29(40)21-7-5-19(6-8-21)17-39-11-12-45-30(39)31(41)43-27(14-23-24(33)15-37-16-25(23)34)22-9-10-26(44-32(35)36)28(13-22)42-18-20-3-4-20/h5-10,13,15-16,20,27,30,32H,3-4,11-12,14,17-18H2,1-2H3/t27-,30?/m0/s1. The van der Waals surface area contributed by atoms with E-state index in [4.69, 9.17) is 37.4 Å². The van der Waals surface area contributed by atoms with E-state index in [1.807, 2.05) is 17.0 Å². The first-order valence-corrected chi connectivity index (χ1v) is 16.3. The van der Waals surface area contributed by atoms with Gasteiger partial charge >= 0.3 is 12.6 Å². The molecule has 1 aliphatic heterocycles. The molecule has 0 bridgehead atoms. The Morgan fingerprint density at radius 3 is 2.42 bits per heavy atom. The summed E-state index contributed by atoms with van der Waals surface area (Å²) in [7, 11) is 3.40. The molecule has 1 unspecified atom stereocenters. The molecular weight excluding hydrogens is 647 g/mol. The lowest BCUT2D eigenvalue weighted by Gasteiger charge is -2.26. The van der Waals surface area contributed by atoms with Gasteiger partial charge in [-0.1, -0.05) is 41.4 Å². The van der Waals surface area contributed by atoms with Crippen molar-refractivity contribution >= 4 is 46.8 Å². The number of pyridine rings is 1. The summed E-state index contributed by atoms with van der Waals surface area (Å²) in [6.07, 6.45) is 4.17. The number of nitrogens with zero attached hydrogens (tertiary/aromatic N) is 3. The van der Waals surface area contributed by atoms with Crippen LogP contribution in [0.2, 0.25) is 10.0 Å². The Balaban J connectivity index is 1.38. The van der Waals surface area contributed by atoms with Crippen LogP contribution in [0.25, 0.3) is 0 Å². The molecule has 8 nitrogen and oxygen atoms in total. The predicted octanol–water partition coefficient (Wildman–Crippen LogP) is 6.88. The minimum Gasteiger partial charge on any atom is -0.489 e. The van der Waals surface area contributed by atoms with Crippen molar-refractivity contribution in [3.8, 4) is 11.5 Å². The zero-order valence-electron chi connectivity index (χ0n) is 24.8. The highest BCUT2D eigenvalue weighted by Crippen LogP contribution is 2.39. The lowest BCUT2D eigenvalue weighted by molar-refractivity contribution is -0.152. The number of benzene rings is 2. The van der Waals surface area contributed by atoms with Gasteiger partial charge in [-0.15, -0.1) is 11.8 Å². The van der Waals surface area contributed by atoms with Crippen molar-refractivity contribution in [3.63, 3.8) is 0 Å². The maximum Gasteiger partial charge on any atom is 0.387 e. The van der Waals surface area contributed by atoms with E-state index < -0.39 is 24.1 Å². The summed E-state index contributed by atoms with van der Waals surface area (Å²) < 4.78 is 43.1. The first-order chi connectivity index (χ1) is 21.6. The van der Waals surface area contributed by atoms with Crippen LogP contribution in [0.3, 0.4) is 0 Å². The monoisotopic (exact) mass is 679 g/mol. The molecule has 45 heavy (non-hydrogen) atoms. The molecule has 1 saturated heterocycles. The molecule has 2 fully saturated rings. The number of rotatable bonds is 13. The Morgan fingerprint density at radius 1 is 1.07 bits per heavy atom. The van der Waals surface area contributed by atoms with E-state index in [9.17, 15) is 18.4 Å². The van der Waals surface area contributed by atoms with Crippen LogP contribution in [0, 0.1) is 5.92 Å². The Morgan fingerprint density at radius 2 is 1.78 bits per heavy atom. The van der Waals surface area contributed by atoms with Crippen molar-refractivity contribution in [2.75, 3.05) is 33.0 Å². The second-order valence-electron chi connectivity index (χ2n) is 11.1. The number of ether oxygens (including phenoxy) is 3. The molecule has 0 radical (unpaired) electrons. The zero-order valence-corrected chi connectivity index (χ0v) is 27.1. The second kappa shape index (κ2) is 15.0. The number of amides is 1. The largest absolute Gasteiger partial charge is 0.489 e. The fourth-order valence-electron chi connectivity index (χ4n) is 4.90. The van der Waals surface area contributed by atoms with E-state index in [0.29, 0.717) is 52.3 Å². The van der Waals surface area contributed by atoms with Crippen molar-refractivity contribution in [2.24, 2.45) is 5.92 Å². The molecule has 2 atom stereocenters. The molecule has 2 aliphatic rings. The topological polar surface area (TPSA) is 81.2 Å². The summed E-state index contributed by atoms with van der Waals surface area (Å²) in [4.78, 5) is 33.6. The van der Waals surface area contributed by atoms with Crippen LogP contribution in [0.5, 0.6) is 11.5 Å². The summed E-state index contributed by atoms with van der Waals surface area (Å²) >= 11 is 14.4. The van der Waals surface area contributed by atoms with Crippen molar-refractivity contribution < 1.29 is 32.6 Å². The zero-order chi connectivity index (χ0) is 32.1. The number of aromatic nitrogens is 1. The summed E-state index contributed by atoms with van der Waals surface area (Å²) in [5.74, 6) is 0.580. The summed E-state index contributed by atoms with van der Waals surface area (Å²) in [5.41, 5.74) is 2.57. The highest BCUT2D eigenvalue weighted by molar-refractivity contribution is 8.00. The first kappa shape index (κ1) is 33.2. The summed E-state index contributed by atoms with van der Waals surface area (Å²) in [6.45, 7) is -1.52. The van der Waals surface area contributed by atoms with Gasteiger partial charge in [0.15, 0.2) is 16.9 Å². The lowest BCUT2D eigenvalue weighted by Crippen LogP contribution is -2.36. The van der Waals surface area contributed by atoms with Gasteiger partial charge in [-0.05, 0) is 59.7 Å². The summed E-state index contributed by atoms with van der Waals surface area (Å²) in [5, 5.41) is 0.0185. The van der Waals surface area contributed by atoms with E-state index in [2.05, 4.69) is 4.98 Å². The molecule has 240 valence electrons. The van der Waals surface area contributed by atoms with Gasteiger partial charge in [0, 0.05) is 57.3 Å².